The third-order valence-corrected chi connectivity index (χ3v) is 5.57. The molecule has 1 atom stereocenters. The van der Waals surface area contributed by atoms with Crippen molar-refractivity contribution >= 4 is 21.7 Å². The summed E-state index contributed by atoms with van der Waals surface area (Å²) in [6, 6.07) is 0.989. The molecular formula is C16H20F3N5O4S. The zero-order valence-electron chi connectivity index (χ0n) is 15.8. The van der Waals surface area contributed by atoms with Gasteiger partial charge in [0.15, 0.2) is 5.76 Å². The SMILES string of the molecule is Cc1noc(C)c1S(=O)(=O)N[C@@H](C)C(=O)NCCNc1ccc(C(F)(F)F)cn1. The van der Waals surface area contributed by atoms with Crippen LogP contribution in [0.5, 0.6) is 0 Å². The van der Waals surface area contributed by atoms with Crippen LogP contribution in [0.25, 0.3) is 0 Å². The number of hydrogen-bond donors (Lipinski definition) is 3. The second kappa shape index (κ2) is 8.78. The Morgan fingerprint density at radius 3 is 2.45 bits per heavy atom. The van der Waals surface area contributed by atoms with Crippen molar-refractivity contribution in [3.05, 3.63) is 35.3 Å². The van der Waals surface area contributed by atoms with Crippen molar-refractivity contribution in [2.45, 2.75) is 37.9 Å². The molecule has 0 unspecified atom stereocenters. The molecule has 0 aromatic carbocycles. The molecule has 29 heavy (non-hydrogen) atoms. The molecule has 9 nitrogen and oxygen atoms in total. The highest BCUT2D eigenvalue weighted by Crippen LogP contribution is 2.28. The van der Waals surface area contributed by atoms with Gasteiger partial charge < -0.3 is 15.2 Å². The Kier molecular flexibility index (Phi) is 6.85. The fraction of sp³-hybridized carbons (Fsp3) is 0.438. The molecule has 0 spiro atoms. The minimum atomic E-state index is -4.47. The van der Waals surface area contributed by atoms with Gasteiger partial charge in [0.05, 0.1) is 11.6 Å². The van der Waals surface area contributed by atoms with Gasteiger partial charge in [0.25, 0.3) is 0 Å². The zero-order chi connectivity index (χ0) is 21.8. The molecule has 2 heterocycles. The quantitative estimate of drug-likeness (QED) is 0.538. The van der Waals surface area contributed by atoms with Gasteiger partial charge in [-0.25, -0.2) is 13.4 Å². The summed E-state index contributed by atoms with van der Waals surface area (Å²) in [5, 5.41) is 8.83. The summed E-state index contributed by atoms with van der Waals surface area (Å²) in [7, 11) is -4.00. The van der Waals surface area contributed by atoms with E-state index < -0.39 is 33.7 Å². The van der Waals surface area contributed by atoms with E-state index in [9.17, 15) is 26.4 Å². The Hall–Kier alpha value is -2.67. The van der Waals surface area contributed by atoms with E-state index in [0.29, 0.717) is 6.20 Å². The Labute approximate surface area is 165 Å². The molecule has 0 aliphatic rings. The van der Waals surface area contributed by atoms with Gasteiger partial charge in [0, 0.05) is 19.3 Å². The van der Waals surface area contributed by atoms with Gasteiger partial charge in [-0.1, -0.05) is 5.16 Å². The maximum Gasteiger partial charge on any atom is 0.417 e. The summed E-state index contributed by atoms with van der Waals surface area (Å²) >= 11 is 0. The lowest BCUT2D eigenvalue weighted by atomic mass is 10.3. The summed E-state index contributed by atoms with van der Waals surface area (Å²) in [4.78, 5) is 15.6. The number of pyridine rings is 1. The number of aromatic nitrogens is 2. The summed E-state index contributed by atoms with van der Waals surface area (Å²) in [6.07, 6.45) is -3.76. The molecule has 2 aromatic rings. The number of carbonyl (C=O) groups excluding carboxylic acids is 1. The summed E-state index contributed by atoms with van der Waals surface area (Å²) in [5.74, 6) is -0.266. The Morgan fingerprint density at radius 2 is 1.93 bits per heavy atom. The van der Waals surface area contributed by atoms with Gasteiger partial charge in [-0.3, -0.25) is 4.79 Å². The molecule has 2 aromatic heterocycles. The standard InChI is InChI=1S/C16H20F3N5O4S/c1-9-14(11(3)28-23-9)29(26,27)24-10(2)15(25)21-7-6-20-13-5-4-12(8-22-13)16(17,18)19/h4-5,8,10,24H,6-7H2,1-3H3,(H,20,22)(H,21,25)/t10-/m0/s1. The first kappa shape index (κ1) is 22.6. The number of carbonyl (C=O) groups is 1. The van der Waals surface area contributed by atoms with E-state index in [-0.39, 0.29) is 35.3 Å². The van der Waals surface area contributed by atoms with E-state index in [4.69, 9.17) is 4.52 Å². The van der Waals surface area contributed by atoms with Crippen molar-refractivity contribution in [3.8, 4) is 0 Å². The van der Waals surface area contributed by atoms with Gasteiger partial charge in [0.1, 0.15) is 16.4 Å². The van der Waals surface area contributed by atoms with Crippen LogP contribution in [-0.4, -0.2) is 43.6 Å². The van der Waals surface area contributed by atoms with Crippen molar-refractivity contribution in [1.29, 1.82) is 0 Å². The molecule has 0 radical (unpaired) electrons. The van der Waals surface area contributed by atoms with Crippen LogP contribution in [0, 0.1) is 13.8 Å². The highest BCUT2D eigenvalue weighted by atomic mass is 32.2. The number of rotatable bonds is 8. The third kappa shape index (κ3) is 5.90. The number of halogens is 3. The molecular weight excluding hydrogens is 415 g/mol. The molecule has 0 aliphatic carbocycles. The maximum absolute atomic E-state index is 12.5. The normalized spacial score (nSPS) is 13.2. The second-order valence-electron chi connectivity index (χ2n) is 6.14. The number of nitrogens with one attached hydrogen (secondary N) is 3. The molecule has 0 bridgehead atoms. The Morgan fingerprint density at radius 1 is 1.24 bits per heavy atom. The molecule has 13 heteroatoms. The van der Waals surface area contributed by atoms with E-state index in [1.54, 1.807) is 0 Å². The van der Waals surface area contributed by atoms with Crippen molar-refractivity contribution in [2.24, 2.45) is 0 Å². The number of aryl methyl sites for hydroxylation is 2. The first-order valence-electron chi connectivity index (χ1n) is 8.42. The van der Waals surface area contributed by atoms with Crippen LogP contribution in [0.2, 0.25) is 0 Å². The first-order valence-corrected chi connectivity index (χ1v) is 9.90. The smallest absolute Gasteiger partial charge is 0.368 e. The van der Waals surface area contributed by atoms with Crippen LogP contribution < -0.4 is 15.4 Å². The number of anilines is 1. The number of sulfonamides is 1. The highest BCUT2D eigenvalue weighted by molar-refractivity contribution is 7.89. The average molecular weight is 435 g/mol. The average Bonchev–Trinajstić information content (AvgIpc) is 2.97. The summed E-state index contributed by atoms with van der Waals surface area (Å²) in [5.41, 5.74) is -0.688. The monoisotopic (exact) mass is 435 g/mol. The topological polar surface area (TPSA) is 126 Å². The first-order chi connectivity index (χ1) is 13.4. The molecule has 0 fully saturated rings. The van der Waals surface area contributed by atoms with Crippen LogP contribution in [0.4, 0.5) is 19.0 Å². The van der Waals surface area contributed by atoms with Crippen LogP contribution >= 0.6 is 0 Å². The van der Waals surface area contributed by atoms with Gasteiger partial charge in [-0.15, -0.1) is 0 Å². The van der Waals surface area contributed by atoms with E-state index >= 15 is 0 Å². The molecule has 0 saturated heterocycles. The van der Waals surface area contributed by atoms with Gasteiger partial charge in [-0.2, -0.15) is 17.9 Å². The van der Waals surface area contributed by atoms with Gasteiger partial charge in [-0.05, 0) is 32.9 Å². The van der Waals surface area contributed by atoms with Crippen LogP contribution in [0.1, 0.15) is 23.9 Å². The minimum Gasteiger partial charge on any atom is -0.368 e. The predicted octanol–water partition coefficient (Wildman–Crippen LogP) is 1.60. The van der Waals surface area contributed by atoms with E-state index in [1.165, 1.54) is 26.8 Å². The highest BCUT2D eigenvalue weighted by Gasteiger charge is 2.30. The van der Waals surface area contributed by atoms with Gasteiger partial charge in [0.2, 0.25) is 15.9 Å². The lowest BCUT2D eigenvalue weighted by Gasteiger charge is -2.14. The lowest BCUT2D eigenvalue weighted by Crippen LogP contribution is -2.45. The lowest BCUT2D eigenvalue weighted by molar-refractivity contribution is -0.137. The largest absolute Gasteiger partial charge is 0.417 e. The molecule has 3 N–H and O–H groups in total. The maximum atomic E-state index is 12.5. The Bertz CT molecular complexity index is 938. The van der Waals surface area contributed by atoms with E-state index in [1.807, 2.05) is 0 Å². The summed E-state index contributed by atoms with van der Waals surface area (Å²) < 4.78 is 69.2. The van der Waals surface area contributed by atoms with Crippen molar-refractivity contribution in [3.63, 3.8) is 0 Å². The van der Waals surface area contributed by atoms with Crippen LogP contribution in [0.3, 0.4) is 0 Å². The fourth-order valence-corrected chi connectivity index (χ4v) is 3.93. The molecule has 0 aliphatic heterocycles. The van der Waals surface area contributed by atoms with Crippen LogP contribution in [-0.2, 0) is 21.0 Å². The zero-order valence-corrected chi connectivity index (χ0v) is 16.6. The molecule has 1 amide bonds. The van der Waals surface area contributed by atoms with Crippen molar-refractivity contribution < 1.29 is 30.9 Å². The molecule has 2 rings (SSSR count). The third-order valence-electron chi connectivity index (χ3n) is 3.78. The van der Waals surface area contributed by atoms with Gasteiger partial charge >= 0.3 is 6.18 Å². The number of alkyl halides is 3. The number of nitrogens with zero attached hydrogens (tertiary/aromatic N) is 2. The Balaban J connectivity index is 1.82. The van der Waals surface area contributed by atoms with E-state index in [0.717, 1.165) is 6.07 Å². The fourth-order valence-electron chi connectivity index (χ4n) is 2.40. The van der Waals surface area contributed by atoms with Crippen molar-refractivity contribution in [1.82, 2.24) is 20.2 Å². The second-order valence-corrected chi connectivity index (χ2v) is 7.79. The summed E-state index contributed by atoms with van der Waals surface area (Å²) in [6.45, 7) is 4.55. The molecule has 160 valence electrons. The molecule has 0 saturated carbocycles. The number of hydrogen-bond acceptors (Lipinski definition) is 7. The van der Waals surface area contributed by atoms with E-state index in [2.05, 4.69) is 25.5 Å². The minimum absolute atomic E-state index is 0.0962. The van der Waals surface area contributed by atoms with Crippen LogP contribution in [0.15, 0.2) is 27.7 Å². The predicted molar refractivity (Wildman–Crippen MR) is 96.5 cm³/mol. The number of amides is 1. The van der Waals surface area contributed by atoms with Crippen molar-refractivity contribution in [2.75, 3.05) is 18.4 Å².